The fourth-order valence-electron chi connectivity index (χ4n) is 3.27. The molecule has 1 aliphatic heterocycles. The molecule has 0 bridgehead atoms. The average molecular weight is 399 g/mol. The van der Waals surface area contributed by atoms with Gasteiger partial charge in [0.1, 0.15) is 11.9 Å². The third kappa shape index (κ3) is 3.51. The molecule has 28 heavy (non-hydrogen) atoms. The Morgan fingerprint density at radius 1 is 1.25 bits per heavy atom. The number of pyridine rings is 1. The number of benzene rings is 1. The van der Waals surface area contributed by atoms with Crippen molar-refractivity contribution in [1.29, 1.82) is 0 Å². The average Bonchev–Trinajstić information content (AvgIpc) is 3.18. The van der Waals surface area contributed by atoms with Crippen LogP contribution in [-0.2, 0) is 14.8 Å². The van der Waals surface area contributed by atoms with E-state index in [0.717, 1.165) is 22.4 Å². The number of rotatable bonds is 4. The summed E-state index contributed by atoms with van der Waals surface area (Å²) in [5.74, 6) is 0.401. The van der Waals surface area contributed by atoms with Gasteiger partial charge in [0, 0.05) is 24.8 Å². The van der Waals surface area contributed by atoms with Gasteiger partial charge in [-0.2, -0.15) is 9.40 Å². The van der Waals surface area contributed by atoms with Crippen molar-refractivity contribution in [3.8, 4) is 11.1 Å². The van der Waals surface area contributed by atoms with Gasteiger partial charge < -0.3 is 10.5 Å². The normalized spacial score (nSPS) is 18.2. The Labute approximate surface area is 163 Å². The molecule has 0 amide bonds. The number of aromatic nitrogens is 3. The minimum atomic E-state index is -3.60. The first kappa shape index (κ1) is 18.6. The number of anilines is 1. The highest BCUT2D eigenvalue weighted by atomic mass is 32.2. The van der Waals surface area contributed by atoms with Crippen LogP contribution in [0.25, 0.3) is 11.1 Å². The van der Waals surface area contributed by atoms with E-state index in [4.69, 9.17) is 10.5 Å². The lowest BCUT2D eigenvalue weighted by Crippen LogP contribution is -2.42. The van der Waals surface area contributed by atoms with E-state index < -0.39 is 16.1 Å². The van der Waals surface area contributed by atoms with E-state index in [0.29, 0.717) is 19.0 Å². The molecule has 1 atom stereocenters. The summed E-state index contributed by atoms with van der Waals surface area (Å²) in [5.41, 5.74) is 9.17. The Bertz CT molecular complexity index is 1080. The standard InChI is InChI=1S/C19H21N5O3S/c1-13-2-4-15(5-3-13)28(25,26)24-8-9-27-17(12-24)19-16(11-22-23-19)14-6-7-21-18(20)10-14/h2-7,10-11,17H,8-9,12H2,1H3,(H2,20,21)(H,22,23). The van der Waals surface area contributed by atoms with Gasteiger partial charge in [-0.1, -0.05) is 17.7 Å². The fraction of sp³-hybridized carbons (Fsp3) is 0.263. The highest BCUT2D eigenvalue weighted by molar-refractivity contribution is 7.89. The van der Waals surface area contributed by atoms with Crippen LogP contribution in [0.4, 0.5) is 5.82 Å². The summed E-state index contributed by atoms with van der Waals surface area (Å²) in [6.45, 7) is 2.73. The van der Waals surface area contributed by atoms with Crippen molar-refractivity contribution < 1.29 is 13.2 Å². The molecule has 1 aromatic carbocycles. The Hall–Kier alpha value is -2.75. The third-order valence-electron chi connectivity index (χ3n) is 4.77. The molecule has 1 saturated heterocycles. The van der Waals surface area contributed by atoms with E-state index >= 15 is 0 Å². The van der Waals surface area contributed by atoms with Gasteiger partial charge in [0.05, 0.1) is 23.4 Å². The molecule has 4 rings (SSSR count). The van der Waals surface area contributed by atoms with Crippen molar-refractivity contribution in [2.45, 2.75) is 17.9 Å². The Morgan fingerprint density at radius 3 is 2.79 bits per heavy atom. The summed E-state index contributed by atoms with van der Waals surface area (Å²) in [7, 11) is -3.60. The van der Waals surface area contributed by atoms with Gasteiger partial charge in [-0.25, -0.2) is 13.4 Å². The molecule has 3 N–H and O–H groups in total. The number of morpholine rings is 1. The highest BCUT2D eigenvalue weighted by Gasteiger charge is 2.33. The molecular weight excluding hydrogens is 378 g/mol. The number of aromatic amines is 1. The summed E-state index contributed by atoms with van der Waals surface area (Å²) in [5, 5.41) is 7.08. The quantitative estimate of drug-likeness (QED) is 0.695. The number of hydrogen-bond acceptors (Lipinski definition) is 6. The zero-order valence-corrected chi connectivity index (χ0v) is 16.2. The predicted molar refractivity (Wildman–Crippen MR) is 105 cm³/mol. The number of sulfonamides is 1. The number of nitrogen functional groups attached to an aromatic ring is 1. The van der Waals surface area contributed by atoms with Crippen LogP contribution >= 0.6 is 0 Å². The molecule has 0 aliphatic carbocycles. The lowest BCUT2D eigenvalue weighted by atomic mass is 10.0. The lowest BCUT2D eigenvalue weighted by molar-refractivity contribution is -0.00465. The molecule has 0 radical (unpaired) electrons. The molecule has 1 aliphatic rings. The van der Waals surface area contributed by atoms with Crippen LogP contribution in [0.15, 0.2) is 53.7 Å². The van der Waals surface area contributed by atoms with Crippen molar-refractivity contribution in [2.75, 3.05) is 25.4 Å². The molecule has 1 unspecified atom stereocenters. The molecule has 8 nitrogen and oxygen atoms in total. The van der Waals surface area contributed by atoms with E-state index in [9.17, 15) is 8.42 Å². The van der Waals surface area contributed by atoms with Gasteiger partial charge in [-0.3, -0.25) is 5.10 Å². The van der Waals surface area contributed by atoms with Crippen molar-refractivity contribution >= 4 is 15.8 Å². The maximum atomic E-state index is 13.0. The van der Waals surface area contributed by atoms with Crippen LogP contribution < -0.4 is 5.73 Å². The minimum absolute atomic E-state index is 0.200. The molecule has 9 heteroatoms. The van der Waals surface area contributed by atoms with Crippen molar-refractivity contribution in [3.63, 3.8) is 0 Å². The van der Waals surface area contributed by atoms with Gasteiger partial charge in [0.25, 0.3) is 0 Å². The van der Waals surface area contributed by atoms with E-state index in [1.165, 1.54) is 4.31 Å². The summed E-state index contributed by atoms with van der Waals surface area (Å²) in [6, 6.07) is 10.4. The molecule has 2 aromatic heterocycles. The Morgan fingerprint density at radius 2 is 2.04 bits per heavy atom. The Balaban J connectivity index is 1.62. The van der Waals surface area contributed by atoms with Crippen LogP contribution in [0.2, 0.25) is 0 Å². The fourth-order valence-corrected chi connectivity index (χ4v) is 4.69. The first-order chi connectivity index (χ1) is 13.4. The van der Waals surface area contributed by atoms with E-state index in [2.05, 4.69) is 15.2 Å². The van der Waals surface area contributed by atoms with Gasteiger partial charge in [0.15, 0.2) is 0 Å². The predicted octanol–water partition coefficient (Wildman–Crippen LogP) is 2.12. The number of aryl methyl sites for hydroxylation is 1. The molecule has 3 aromatic rings. The molecule has 0 spiro atoms. The van der Waals surface area contributed by atoms with Crippen LogP contribution in [0.3, 0.4) is 0 Å². The highest BCUT2D eigenvalue weighted by Crippen LogP contribution is 2.32. The van der Waals surface area contributed by atoms with Crippen LogP contribution in [0, 0.1) is 6.92 Å². The SMILES string of the molecule is Cc1ccc(S(=O)(=O)N2CCOC(c3[nH]ncc3-c3ccnc(N)c3)C2)cc1. The van der Waals surface area contributed by atoms with E-state index in [-0.39, 0.29) is 11.4 Å². The molecule has 3 heterocycles. The molecule has 1 fully saturated rings. The van der Waals surface area contributed by atoms with Gasteiger partial charge in [-0.15, -0.1) is 0 Å². The lowest BCUT2D eigenvalue weighted by Gasteiger charge is -2.32. The van der Waals surface area contributed by atoms with Crippen LogP contribution in [-0.4, -0.2) is 47.6 Å². The maximum absolute atomic E-state index is 13.0. The van der Waals surface area contributed by atoms with Crippen LogP contribution in [0.1, 0.15) is 17.4 Å². The number of nitrogens with one attached hydrogen (secondary N) is 1. The number of nitrogens with two attached hydrogens (primary N) is 1. The summed E-state index contributed by atoms with van der Waals surface area (Å²) < 4.78 is 33.4. The third-order valence-corrected chi connectivity index (χ3v) is 6.65. The maximum Gasteiger partial charge on any atom is 0.243 e. The Kier molecular flexibility index (Phi) is 4.88. The number of H-pyrrole nitrogens is 1. The summed E-state index contributed by atoms with van der Waals surface area (Å²) in [4.78, 5) is 4.29. The zero-order valence-electron chi connectivity index (χ0n) is 15.4. The van der Waals surface area contributed by atoms with Crippen molar-refractivity contribution in [2.24, 2.45) is 0 Å². The topological polar surface area (TPSA) is 114 Å². The summed E-state index contributed by atoms with van der Waals surface area (Å²) >= 11 is 0. The second kappa shape index (κ2) is 7.34. The first-order valence-corrected chi connectivity index (χ1v) is 10.3. The minimum Gasteiger partial charge on any atom is -0.384 e. The number of hydrogen-bond donors (Lipinski definition) is 2. The second-order valence-electron chi connectivity index (χ2n) is 6.70. The number of nitrogens with zero attached hydrogens (tertiary/aromatic N) is 3. The summed E-state index contributed by atoms with van der Waals surface area (Å²) in [6.07, 6.45) is 2.85. The van der Waals surface area contributed by atoms with Crippen molar-refractivity contribution in [1.82, 2.24) is 19.5 Å². The largest absolute Gasteiger partial charge is 0.384 e. The van der Waals surface area contributed by atoms with Crippen LogP contribution in [0.5, 0.6) is 0 Å². The van der Waals surface area contributed by atoms with Crippen molar-refractivity contribution in [3.05, 3.63) is 60.0 Å². The van der Waals surface area contributed by atoms with Gasteiger partial charge in [0.2, 0.25) is 10.0 Å². The molecule has 146 valence electrons. The monoisotopic (exact) mass is 399 g/mol. The van der Waals surface area contributed by atoms with E-state index in [1.54, 1.807) is 42.7 Å². The van der Waals surface area contributed by atoms with E-state index in [1.807, 2.05) is 13.0 Å². The van der Waals surface area contributed by atoms with Gasteiger partial charge >= 0.3 is 0 Å². The molecule has 0 saturated carbocycles. The zero-order chi connectivity index (χ0) is 19.7. The van der Waals surface area contributed by atoms with Gasteiger partial charge in [-0.05, 0) is 36.8 Å². The number of ether oxygens (including phenoxy) is 1. The first-order valence-electron chi connectivity index (χ1n) is 8.89. The second-order valence-corrected chi connectivity index (χ2v) is 8.64. The molecular formula is C19H21N5O3S. The smallest absolute Gasteiger partial charge is 0.243 e.